The lowest BCUT2D eigenvalue weighted by molar-refractivity contribution is 0.0571. The van der Waals surface area contributed by atoms with Crippen LogP contribution in [0.5, 0.6) is 5.75 Å². The van der Waals surface area contributed by atoms with Crippen molar-refractivity contribution in [2.75, 3.05) is 18.6 Å². The number of benzene rings is 2. The Hall–Kier alpha value is -3.72. The maximum Gasteiger partial charge on any atom is 0.277 e. The van der Waals surface area contributed by atoms with Gasteiger partial charge >= 0.3 is 0 Å². The van der Waals surface area contributed by atoms with Crippen molar-refractivity contribution in [2.45, 2.75) is 24.5 Å². The van der Waals surface area contributed by atoms with E-state index in [0.29, 0.717) is 35.1 Å². The van der Waals surface area contributed by atoms with Gasteiger partial charge in [-0.05, 0) is 47.2 Å². The monoisotopic (exact) mass is 464 g/mol. The number of fused-ring (bicyclic) bond motifs is 6. The van der Waals surface area contributed by atoms with Gasteiger partial charge in [-0.15, -0.1) is 0 Å². The molecule has 2 aliphatic carbocycles. The van der Waals surface area contributed by atoms with Crippen molar-refractivity contribution >= 4 is 5.91 Å². The van der Waals surface area contributed by atoms with Crippen LogP contribution in [0.4, 0.5) is 8.78 Å². The second kappa shape index (κ2) is 6.89. The van der Waals surface area contributed by atoms with E-state index in [2.05, 4.69) is 0 Å². The number of halogens is 2. The van der Waals surface area contributed by atoms with E-state index >= 15 is 8.78 Å². The minimum Gasteiger partial charge on any atom is -0.502 e. The third kappa shape index (κ3) is 2.32. The SMILES string of the molecule is CN1C(=O)c2c(O)c(=O)ccn2N(C23c4cccc(F)c4CC2Cc2c(F)cccc23)C1CN. The number of carbonyl (C=O) groups is 1. The molecule has 3 aliphatic rings. The van der Waals surface area contributed by atoms with Gasteiger partial charge in [0.05, 0.1) is 0 Å². The first kappa shape index (κ1) is 20.9. The lowest BCUT2D eigenvalue weighted by Crippen LogP contribution is -2.69. The van der Waals surface area contributed by atoms with Crippen LogP contribution in [-0.4, -0.2) is 40.3 Å². The fourth-order valence-corrected chi connectivity index (χ4v) is 6.29. The van der Waals surface area contributed by atoms with Gasteiger partial charge in [-0.2, -0.15) is 0 Å². The third-order valence-electron chi connectivity index (χ3n) is 7.66. The third-order valence-corrected chi connectivity index (χ3v) is 7.66. The predicted molar refractivity (Wildman–Crippen MR) is 120 cm³/mol. The highest BCUT2D eigenvalue weighted by atomic mass is 19.1. The summed E-state index contributed by atoms with van der Waals surface area (Å²) in [6, 6.07) is 10.9. The number of likely N-dealkylation sites (N-methyl/N-ethyl adjacent to an activating group) is 1. The molecule has 174 valence electrons. The summed E-state index contributed by atoms with van der Waals surface area (Å²) < 4.78 is 31.6. The van der Waals surface area contributed by atoms with Gasteiger partial charge in [-0.1, -0.05) is 24.3 Å². The second-order valence-corrected chi connectivity index (χ2v) is 9.10. The molecule has 0 radical (unpaired) electrons. The summed E-state index contributed by atoms with van der Waals surface area (Å²) in [7, 11) is 1.54. The van der Waals surface area contributed by atoms with Crippen LogP contribution in [0, 0.1) is 17.6 Å². The van der Waals surface area contributed by atoms with Crippen molar-refractivity contribution < 1.29 is 18.7 Å². The van der Waals surface area contributed by atoms with Crippen molar-refractivity contribution in [3.8, 4) is 5.75 Å². The van der Waals surface area contributed by atoms with Crippen molar-refractivity contribution in [1.29, 1.82) is 0 Å². The lowest BCUT2D eigenvalue weighted by Gasteiger charge is -2.54. The Morgan fingerprint density at radius 3 is 2.18 bits per heavy atom. The molecule has 3 aromatic rings. The van der Waals surface area contributed by atoms with Crippen molar-refractivity contribution in [3.05, 3.63) is 98.5 Å². The average molecular weight is 464 g/mol. The van der Waals surface area contributed by atoms with Crippen LogP contribution in [0.25, 0.3) is 0 Å². The molecule has 0 spiro atoms. The van der Waals surface area contributed by atoms with E-state index in [0.717, 1.165) is 0 Å². The van der Waals surface area contributed by atoms with Crippen molar-refractivity contribution in [3.63, 3.8) is 0 Å². The molecule has 1 aliphatic heterocycles. The van der Waals surface area contributed by atoms with Gasteiger partial charge < -0.3 is 15.7 Å². The van der Waals surface area contributed by atoms with Crippen LogP contribution >= 0.6 is 0 Å². The highest BCUT2D eigenvalue weighted by Crippen LogP contribution is 2.58. The van der Waals surface area contributed by atoms with E-state index in [1.807, 2.05) is 17.1 Å². The summed E-state index contributed by atoms with van der Waals surface area (Å²) in [5.74, 6) is -2.21. The number of aromatic hydroxyl groups is 1. The molecule has 1 atom stereocenters. The minimum absolute atomic E-state index is 0.0122. The Balaban J connectivity index is 1.76. The fourth-order valence-electron chi connectivity index (χ4n) is 6.29. The lowest BCUT2D eigenvalue weighted by atomic mass is 9.81. The first-order chi connectivity index (χ1) is 16.3. The van der Waals surface area contributed by atoms with Crippen LogP contribution in [0.2, 0.25) is 0 Å². The molecule has 0 bridgehead atoms. The molecule has 9 heteroatoms. The van der Waals surface area contributed by atoms with Crippen LogP contribution in [0.1, 0.15) is 32.7 Å². The molecule has 0 fully saturated rings. The molecule has 34 heavy (non-hydrogen) atoms. The van der Waals surface area contributed by atoms with Crippen LogP contribution in [0.3, 0.4) is 0 Å². The van der Waals surface area contributed by atoms with E-state index in [1.54, 1.807) is 19.2 Å². The molecule has 1 unspecified atom stereocenters. The molecule has 6 rings (SSSR count). The number of rotatable bonds is 2. The summed E-state index contributed by atoms with van der Waals surface area (Å²) in [5.41, 5.74) is 6.60. The van der Waals surface area contributed by atoms with Crippen molar-refractivity contribution in [1.82, 2.24) is 9.58 Å². The summed E-state index contributed by atoms with van der Waals surface area (Å²) >= 11 is 0. The number of aromatic nitrogens is 1. The number of carbonyl (C=O) groups excluding carboxylic acids is 1. The zero-order valence-corrected chi connectivity index (χ0v) is 18.3. The highest BCUT2D eigenvalue weighted by molar-refractivity contribution is 5.96. The molecule has 2 aromatic carbocycles. The predicted octanol–water partition coefficient (Wildman–Crippen LogP) is 1.81. The summed E-state index contributed by atoms with van der Waals surface area (Å²) in [4.78, 5) is 26.8. The van der Waals surface area contributed by atoms with Gasteiger partial charge in [-0.25, -0.2) is 8.78 Å². The van der Waals surface area contributed by atoms with Crippen LogP contribution in [0.15, 0.2) is 53.5 Å². The fraction of sp³-hybridized carbons (Fsp3) is 0.280. The molecule has 7 nitrogen and oxygen atoms in total. The van der Waals surface area contributed by atoms with Crippen LogP contribution in [-0.2, 0) is 18.4 Å². The van der Waals surface area contributed by atoms with E-state index in [1.165, 1.54) is 34.0 Å². The molecule has 1 amide bonds. The summed E-state index contributed by atoms with van der Waals surface area (Å²) in [5, 5.41) is 12.4. The Labute approximate surface area is 193 Å². The van der Waals surface area contributed by atoms with Gasteiger partial charge in [0.15, 0.2) is 11.4 Å². The van der Waals surface area contributed by atoms with Crippen molar-refractivity contribution in [2.24, 2.45) is 11.7 Å². The van der Waals surface area contributed by atoms with Gasteiger partial charge in [0.1, 0.15) is 23.3 Å². The molecule has 0 saturated heterocycles. The van der Waals surface area contributed by atoms with Gasteiger partial charge in [0.25, 0.3) is 5.91 Å². The highest BCUT2D eigenvalue weighted by Gasteiger charge is 2.61. The van der Waals surface area contributed by atoms with Gasteiger partial charge in [0.2, 0.25) is 5.43 Å². The topological polar surface area (TPSA) is 91.8 Å². The number of hydrogen-bond acceptors (Lipinski definition) is 5. The Bertz CT molecular complexity index is 1380. The van der Waals surface area contributed by atoms with Crippen LogP contribution < -0.4 is 16.2 Å². The average Bonchev–Trinajstić information content (AvgIpc) is 3.32. The standard InChI is InChI=1S/C25H22F2N4O3/c1-29-21(12-28)31(30-9-8-20(32)23(33)22(30)24(29)34)25-13(10-14-16(25)4-2-6-18(14)26)11-15-17(25)5-3-7-19(15)27/h2-9,13,21,33H,10-12,28H2,1H3. The normalized spacial score (nSPS) is 24.6. The van der Waals surface area contributed by atoms with E-state index in [9.17, 15) is 14.7 Å². The smallest absolute Gasteiger partial charge is 0.277 e. The molecule has 3 N–H and O–H groups in total. The largest absolute Gasteiger partial charge is 0.502 e. The minimum atomic E-state index is -1.08. The zero-order chi connectivity index (χ0) is 23.9. The van der Waals surface area contributed by atoms with E-state index in [4.69, 9.17) is 5.73 Å². The number of amides is 1. The van der Waals surface area contributed by atoms with E-state index in [-0.39, 0.29) is 29.8 Å². The number of hydrogen-bond donors (Lipinski definition) is 2. The molecular formula is C25H22F2N4O3. The summed E-state index contributed by atoms with van der Waals surface area (Å²) in [6.45, 7) is 0.0122. The second-order valence-electron chi connectivity index (χ2n) is 9.10. The molecular weight excluding hydrogens is 442 g/mol. The number of nitrogens with two attached hydrogens (primary N) is 1. The Morgan fingerprint density at radius 1 is 1.03 bits per heavy atom. The Morgan fingerprint density at radius 2 is 1.62 bits per heavy atom. The maximum absolute atomic E-state index is 15.1. The Kier molecular flexibility index (Phi) is 4.23. The first-order valence-corrected chi connectivity index (χ1v) is 11.1. The summed E-state index contributed by atoms with van der Waals surface area (Å²) in [6.07, 6.45) is 1.44. The molecule has 1 aromatic heterocycles. The molecule has 0 saturated carbocycles. The van der Waals surface area contributed by atoms with E-state index < -0.39 is 28.8 Å². The number of pyridine rings is 1. The maximum atomic E-state index is 15.1. The van der Waals surface area contributed by atoms with Gasteiger partial charge in [0, 0.05) is 31.8 Å². The quantitative estimate of drug-likeness (QED) is 0.604. The van der Waals surface area contributed by atoms with Gasteiger partial charge in [-0.3, -0.25) is 19.3 Å². The molecule has 2 heterocycles. The first-order valence-electron chi connectivity index (χ1n) is 11.1. The number of nitrogens with zero attached hydrogens (tertiary/aromatic N) is 3. The zero-order valence-electron chi connectivity index (χ0n) is 18.3.